The molecular weight excluding hydrogens is 412 g/mol. The van der Waals surface area contributed by atoms with Gasteiger partial charge in [-0.2, -0.15) is 0 Å². The van der Waals surface area contributed by atoms with E-state index < -0.39 is 6.04 Å². The van der Waals surface area contributed by atoms with Gasteiger partial charge in [-0.3, -0.25) is 9.79 Å². The maximum atomic E-state index is 13.6. The fourth-order valence-corrected chi connectivity index (χ4v) is 5.33. The lowest BCUT2D eigenvalue weighted by molar-refractivity contribution is -0.134. The minimum absolute atomic E-state index is 0.00966. The molecule has 2 unspecified atom stereocenters. The molecule has 7 nitrogen and oxygen atoms in total. The van der Waals surface area contributed by atoms with Crippen molar-refractivity contribution in [2.24, 2.45) is 4.99 Å². The second-order valence-electron chi connectivity index (χ2n) is 9.37. The first kappa shape index (κ1) is 21.7. The number of hydrogen-bond acceptors (Lipinski definition) is 6. The van der Waals surface area contributed by atoms with Crippen molar-refractivity contribution in [2.75, 3.05) is 24.5 Å². The minimum Gasteiger partial charge on any atom is -0.356 e. The first-order valence-electron chi connectivity index (χ1n) is 12.2. The number of carbonyl (C=O) groups excluding carboxylic acids is 1. The van der Waals surface area contributed by atoms with Crippen molar-refractivity contribution >= 4 is 23.7 Å². The summed E-state index contributed by atoms with van der Waals surface area (Å²) in [6.07, 6.45) is 10.1. The van der Waals surface area contributed by atoms with Crippen LogP contribution in [0.5, 0.6) is 0 Å². The Balaban J connectivity index is 1.34. The molecule has 3 aliphatic rings. The smallest absolute Gasteiger partial charge is 0.252 e. The van der Waals surface area contributed by atoms with E-state index in [0.717, 1.165) is 61.3 Å². The Morgan fingerprint density at radius 1 is 1.12 bits per heavy atom. The third-order valence-corrected chi connectivity index (χ3v) is 7.09. The molecule has 33 heavy (non-hydrogen) atoms. The Hall–Kier alpha value is -3.09. The van der Waals surface area contributed by atoms with Crippen molar-refractivity contribution in [3.8, 4) is 0 Å². The summed E-state index contributed by atoms with van der Waals surface area (Å²) in [5, 5.41) is 8.91. The van der Waals surface area contributed by atoms with Crippen molar-refractivity contribution in [2.45, 2.75) is 64.0 Å². The van der Waals surface area contributed by atoms with Crippen molar-refractivity contribution < 1.29 is 4.79 Å². The van der Waals surface area contributed by atoms with Gasteiger partial charge in [-0.25, -0.2) is 9.97 Å². The second-order valence-corrected chi connectivity index (χ2v) is 9.37. The van der Waals surface area contributed by atoms with E-state index in [1.54, 1.807) is 0 Å². The Bertz CT molecular complexity index is 1070. The van der Waals surface area contributed by atoms with Gasteiger partial charge in [0.2, 0.25) is 0 Å². The zero-order chi connectivity index (χ0) is 22.8. The summed E-state index contributed by atoms with van der Waals surface area (Å²) in [6.45, 7) is 4.78. The van der Waals surface area contributed by atoms with Crippen LogP contribution in [0.25, 0.3) is 0 Å². The van der Waals surface area contributed by atoms with E-state index in [0.29, 0.717) is 24.5 Å². The normalized spacial score (nSPS) is 22.3. The summed E-state index contributed by atoms with van der Waals surface area (Å²) in [6, 6.07) is 7.36. The van der Waals surface area contributed by atoms with Gasteiger partial charge in [-0.15, -0.1) is 0 Å². The van der Waals surface area contributed by atoms with E-state index >= 15 is 0 Å². The van der Waals surface area contributed by atoms with Crippen LogP contribution in [0.1, 0.15) is 60.7 Å². The highest BCUT2D eigenvalue weighted by atomic mass is 16.2. The molecule has 1 aromatic heterocycles. The number of nitrogens with one attached hydrogen (secondary N) is 1. The summed E-state index contributed by atoms with van der Waals surface area (Å²) in [5.41, 5.74) is 3.76. The van der Waals surface area contributed by atoms with Gasteiger partial charge in [-0.1, -0.05) is 24.3 Å². The molecule has 0 radical (unpaired) electrons. The lowest BCUT2D eigenvalue weighted by Crippen LogP contribution is -2.50. The van der Waals surface area contributed by atoms with Crippen molar-refractivity contribution in [3.05, 3.63) is 53.0 Å². The highest BCUT2D eigenvalue weighted by Gasteiger charge is 2.35. The average Bonchev–Trinajstić information content (AvgIpc) is 3.39. The van der Waals surface area contributed by atoms with Gasteiger partial charge in [0.05, 0.1) is 6.04 Å². The van der Waals surface area contributed by atoms with E-state index in [4.69, 9.17) is 10.4 Å². The largest absolute Gasteiger partial charge is 0.356 e. The molecule has 172 valence electrons. The molecule has 1 aromatic carbocycles. The first-order chi connectivity index (χ1) is 16.1. The SMILES string of the molecule is Cc1cnc(CC(=N)C2CCCCN2C(=O)C2N=CCc3ccccc32)nc1N1CCCC1. The Morgan fingerprint density at radius 3 is 2.76 bits per heavy atom. The van der Waals surface area contributed by atoms with Gasteiger partial charge in [0.1, 0.15) is 11.6 Å². The summed E-state index contributed by atoms with van der Waals surface area (Å²) in [7, 11) is 0. The number of carbonyl (C=O) groups is 1. The van der Waals surface area contributed by atoms with E-state index in [1.165, 1.54) is 12.8 Å². The van der Waals surface area contributed by atoms with Crippen LogP contribution in [0.3, 0.4) is 0 Å². The molecule has 0 bridgehead atoms. The number of aliphatic imine (C=N–C) groups is 1. The lowest BCUT2D eigenvalue weighted by atomic mass is 9.91. The number of amides is 1. The number of nitrogens with zero attached hydrogens (tertiary/aromatic N) is 5. The standard InChI is InChI=1S/C26H32N6O/c1-18-17-29-23(30-25(18)31-13-6-7-14-31)16-21(27)22-10-4-5-15-32(22)26(33)24-20-9-3-2-8-19(20)11-12-28-24/h2-3,8-9,12,17,22,24,27H,4-7,10-11,13-16H2,1H3. The van der Waals surface area contributed by atoms with Crippen molar-refractivity contribution in [1.29, 1.82) is 5.41 Å². The molecule has 3 aliphatic heterocycles. The molecule has 2 fully saturated rings. The van der Waals surface area contributed by atoms with E-state index in [-0.39, 0.29) is 11.9 Å². The molecule has 0 spiro atoms. The van der Waals surface area contributed by atoms with Crippen molar-refractivity contribution in [3.63, 3.8) is 0 Å². The van der Waals surface area contributed by atoms with Gasteiger partial charge in [0.15, 0.2) is 6.04 Å². The summed E-state index contributed by atoms with van der Waals surface area (Å²) < 4.78 is 0. The number of rotatable bonds is 5. The van der Waals surface area contributed by atoms with Crippen LogP contribution in [0, 0.1) is 12.3 Å². The van der Waals surface area contributed by atoms with Gasteiger partial charge in [-0.05, 0) is 50.2 Å². The second kappa shape index (κ2) is 9.41. The molecule has 7 heteroatoms. The molecule has 2 saturated heterocycles. The number of anilines is 1. The zero-order valence-electron chi connectivity index (χ0n) is 19.3. The number of hydrogen-bond donors (Lipinski definition) is 1. The maximum Gasteiger partial charge on any atom is 0.252 e. The van der Waals surface area contributed by atoms with Crippen LogP contribution in [0.4, 0.5) is 5.82 Å². The number of fused-ring (bicyclic) bond motifs is 1. The lowest BCUT2D eigenvalue weighted by Gasteiger charge is -2.38. The summed E-state index contributed by atoms with van der Waals surface area (Å²) in [5.74, 6) is 1.68. The average molecular weight is 445 g/mol. The maximum absolute atomic E-state index is 13.6. The molecule has 2 atom stereocenters. The number of aromatic nitrogens is 2. The minimum atomic E-state index is -0.499. The third kappa shape index (κ3) is 4.41. The summed E-state index contributed by atoms with van der Waals surface area (Å²) >= 11 is 0. The topological polar surface area (TPSA) is 85.5 Å². The Morgan fingerprint density at radius 2 is 1.91 bits per heavy atom. The third-order valence-electron chi connectivity index (χ3n) is 7.09. The quantitative estimate of drug-likeness (QED) is 0.713. The summed E-state index contributed by atoms with van der Waals surface area (Å²) in [4.78, 5) is 31.8. The molecule has 1 amide bonds. The van der Waals surface area contributed by atoms with Gasteiger partial charge < -0.3 is 15.2 Å². The van der Waals surface area contributed by atoms with Gasteiger partial charge in [0, 0.05) is 56.2 Å². The highest BCUT2D eigenvalue weighted by Crippen LogP contribution is 2.30. The van der Waals surface area contributed by atoms with E-state index in [2.05, 4.69) is 20.9 Å². The van der Waals surface area contributed by atoms with Crippen molar-refractivity contribution in [1.82, 2.24) is 14.9 Å². The predicted octanol–water partition coefficient (Wildman–Crippen LogP) is 3.70. The molecule has 2 aromatic rings. The number of benzene rings is 1. The monoisotopic (exact) mass is 444 g/mol. The fourth-order valence-electron chi connectivity index (χ4n) is 5.33. The van der Waals surface area contributed by atoms with Crippen LogP contribution in [0.2, 0.25) is 0 Å². The van der Waals surface area contributed by atoms with Gasteiger partial charge >= 0.3 is 0 Å². The van der Waals surface area contributed by atoms with Crippen LogP contribution < -0.4 is 4.90 Å². The van der Waals surface area contributed by atoms with Crippen LogP contribution >= 0.6 is 0 Å². The Labute approximate surface area is 195 Å². The molecule has 0 aliphatic carbocycles. The molecular formula is C26H32N6O. The van der Waals surface area contributed by atoms with Crippen LogP contribution in [-0.4, -0.2) is 58.4 Å². The molecule has 4 heterocycles. The van der Waals surface area contributed by atoms with Crippen LogP contribution in [0.15, 0.2) is 35.5 Å². The van der Waals surface area contributed by atoms with E-state index in [1.807, 2.05) is 42.4 Å². The fraction of sp³-hybridized carbons (Fsp3) is 0.500. The molecule has 0 saturated carbocycles. The van der Waals surface area contributed by atoms with E-state index in [9.17, 15) is 4.79 Å². The molecule has 5 rings (SSSR count). The zero-order valence-corrected chi connectivity index (χ0v) is 19.3. The number of likely N-dealkylation sites (tertiary alicyclic amines) is 1. The molecule has 1 N–H and O–H groups in total. The number of aryl methyl sites for hydroxylation is 1. The van der Waals surface area contributed by atoms with Gasteiger partial charge in [0.25, 0.3) is 5.91 Å². The first-order valence-corrected chi connectivity index (χ1v) is 12.2. The highest BCUT2D eigenvalue weighted by molar-refractivity contribution is 5.95. The predicted molar refractivity (Wildman–Crippen MR) is 130 cm³/mol. The van der Waals surface area contributed by atoms with Crippen LogP contribution in [-0.2, 0) is 17.6 Å². The number of piperidine rings is 1. The Kier molecular flexibility index (Phi) is 6.20.